The molecule has 2 unspecified atom stereocenters. The molecule has 1 aliphatic heterocycles. The molecule has 0 radical (unpaired) electrons. The van der Waals surface area contributed by atoms with Crippen LogP contribution in [0.5, 0.6) is 0 Å². The van der Waals surface area contributed by atoms with E-state index in [-0.39, 0.29) is 23.8 Å². The highest BCUT2D eigenvalue weighted by Gasteiger charge is 2.21. The first-order valence-electron chi connectivity index (χ1n) is 6.64. The summed E-state index contributed by atoms with van der Waals surface area (Å²) in [7, 11) is 0. The van der Waals surface area contributed by atoms with Crippen molar-refractivity contribution in [3.05, 3.63) is 35.6 Å². The van der Waals surface area contributed by atoms with Crippen LogP contribution in [0.2, 0.25) is 0 Å². The van der Waals surface area contributed by atoms with Crippen LogP contribution in [0.3, 0.4) is 0 Å². The molecule has 0 aromatic heterocycles. The summed E-state index contributed by atoms with van der Waals surface area (Å²) in [6.45, 7) is 4.33. The number of carbonyl (C=O) groups excluding carboxylic acids is 1. The molecule has 0 spiro atoms. The molecular formula is C14H20FN3O. The highest BCUT2D eigenvalue weighted by Crippen LogP contribution is 2.05. The maximum atomic E-state index is 12.8. The van der Waals surface area contributed by atoms with E-state index in [0.29, 0.717) is 13.0 Å². The van der Waals surface area contributed by atoms with E-state index in [2.05, 4.69) is 16.0 Å². The van der Waals surface area contributed by atoms with E-state index < -0.39 is 0 Å². The van der Waals surface area contributed by atoms with E-state index in [1.165, 1.54) is 12.1 Å². The van der Waals surface area contributed by atoms with Gasteiger partial charge < -0.3 is 16.0 Å². The predicted molar refractivity (Wildman–Crippen MR) is 72.4 cm³/mol. The molecule has 1 fully saturated rings. The van der Waals surface area contributed by atoms with E-state index in [9.17, 15) is 9.18 Å². The second-order valence-electron chi connectivity index (χ2n) is 4.95. The number of nitrogens with one attached hydrogen (secondary N) is 3. The Morgan fingerprint density at radius 3 is 2.79 bits per heavy atom. The predicted octanol–water partition coefficient (Wildman–Crippen LogP) is 0.434. The van der Waals surface area contributed by atoms with Gasteiger partial charge in [-0.25, -0.2) is 4.39 Å². The first kappa shape index (κ1) is 14.0. The average molecular weight is 265 g/mol. The molecule has 1 saturated heterocycles. The summed E-state index contributed by atoms with van der Waals surface area (Å²) in [5.74, 6) is -0.222. The molecular weight excluding hydrogens is 245 g/mol. The summed E-state index contributed by atoms with van der Waals surface area (Å²) in [5.41, 5.74) is 1.02. The number of halogens is 1. The minimum absolute atomic E-state index is 0.0156. The Hall–Kier alpha value is -1.46. The molecule has 1 aliphatic rings. The number of piperazine rings is 1. The average Bonchev–Trinajstić information content (AvgIpc) is 2.42. The van der Waals surface area contributed by atoms with E-state index in [4.69, 9.17) is 0 Å². The standard InChI is InChI=1S/C14H20FN3O/c1-10(8-11-2-4-12(15)5-3-11)18-14(19)13-9-16-6-7-17-13/h2-5,10,13,16-17H,6-9H2,1H3,(H,18,19). The third kappa shape index (κ3) is 4.29. The van der Waals surface area contributed by atoms with Gasteiger partial charge in [-0.05, 0) is 31.0 Å². The maximum absolute atomic E-state index is 12.8. The van der Waals surface area contributed by atoms with Gasteiger partial charge in [0, 0.05) is 25.7 Å². The third-order valence-corrected chi connectivity index (χ3v) is 3.20. The zero-order valence-electron chi connectivity index (χ0n) is 11.1. The van der Waals surface area contributed by atoms with Gasteiger partial charge in [0.05, 0.1) is 6.04 Å². The van der Waals surface area contributed by atoms with Crippen molar-refractivity contribution in [3.63, 3.8) is 0 Å². The van der Waals surface area contributed by atoms with Crippen molar-refractivity contribution < 1.29 is 9.18 Å². The number of amides is 1. The van der Waals surface area contributed by atoms with Gasteiger partial charge in [0.25, 0.3) is 0 Å². The molecule has 1 heterocycles. The van der Waals surface area contributed by atoms with Crippen molar-refractivity contribution >= 4 is 5.91 Å². The van der Waals surface area contributed by atoms with Crippen molar-refractivity contribution in [1.82, 2.24) is 16.0 Å². The molecule has 0 aliphatic carbocycles. The molecule has 0 saturated carbocycles. The number of benzene rings is 1. The first-order valence-corrected chi connectivity index (χ1v) is 6.64. The van der Waals surface area contributed by atoms with Gasteiger partial charge in [0.1, 0.15) is 5.82 Å². The van der Waals surface area contributed by atoms with Gasteiger partial charge >= 0.3 is 0 Å². The lowest BCUT2D eigenvalue weighted by molar-refractivity contribution is -0.123. The van der Waals surface area contributed by atoms with Crippen LogP contribution in [0.1, 0.15) is 12.5 Å². The van der Waals surface area contributed by atoms with Crippen LogP contribution in [0, 0.1) is 5.82 Å². The quantitative estimate of drug-likeness (QED) is 0.740. The SMILES string of the molecule is CC(Cc1ccc(F)cc1)NC(=O)C1CNCCN1. The Morgan fingerprint density at radius 1 is 1.42 bits per heavy atom. The second kappa shape index (κ2) is 6.63. The molecule has 1 aromatic rings. The molecule has 2 atom stereocenters. The summed E-state index contributed by atoms with van der Waals surface area (Å²) in [5, 5.41) is 9.33. The van der Waals surface area contributed by atoms with E-state index in [0.717, 1.165) is 18.7 Å². The smallest absolute Gasteiger partial charge is 0.238 e. The van der Waals surface area contributed by atoms with Gasteiger partial charge in [0.15, 0.2) is 0 Å². The fourth-order valence-electron chi connectivity index (χ4n) is 2.21. The Labute approximate surface area is 112 Å². The number of rotatable bonds is 4. The summed E-state index contributed by atoms with van der Waals surface area (Å²) in [6.07, 6.45) is 0.701. The molecule has 19 heavy (non-hydrogen) atoms. The van der Waals surface area contributed by atoms with Crippen LogP contribution in [-0.2, 0) is 11.2 Å². The summed E-state index contributed by atoms with van der Waals surface area (Å²) in [4.78, 5) is 12.0. The minimum atomic E-state index is -0.238. The molecule has 5 heteroatoms. The third-order valence-electron chi connectivity index (χ3n) is 3.20. The normalized spacial score (nSPS) is 20.8. The van der Waals surface area contributed by atoms with E-state index >= 15 is 0 Å². The van der Waals surface area contributed by atoms with Crippen LogP contribution in [0.4, 0.5) is 4.39 Å². The van der Waals surface area contributed by atoms with Crippen LogP contribution in [0.15, 0.2) is 24.3 Å². The lowest BCUT2D eigenvalue weighted by Crippen LogP contribution is -2.57. The van der Waals surface area contributed by atoms with Gasteiger partial charge in [-0.2, -0.15) is 0 Å². The first-order chi connectivity index (χ1) is 9.15. The molecule has 3 N–H and O–H groups in total. The molecule has 2 rings (SSSR count). The zero-order valence-corrected chi connectivity index (χ0v) is 11.1. The van der Waals surface area contributed by atoms with Crippen molar-refractivity contribution in [2.45, 2.75) is 25.4 Å². The van der Waals surface area contributed by atoms with Gasteiger partial charge in [0.2, 0.25) is 5.91 Å². The molecule has 104 valence electrons. The van der Waals surface area contributed by atoms with E-state index in [1.807, 2.05) is 6.92 Å². The highest BCUT2D eigenvalue weighted by molar-refractivity contribution is 5.82. The maximum Gasteiger partial charge on any atom is 0.238 e. The monoisotopic (exact) mass is 265 g/mol. The van der Waals surface area contributed by atoms with Crippen LogP contribution < -0.4 is 16.0 Å². The number of hydrogen-bond acceptors (Lipinski definition) is 3. The Bertz CT molecular complexity index is 415. The van der Waals surface area contributed by atoms with Crippen molar-refractivity contribution in [1.29, 1.82) is 0 Å². The highest BCUT2D eigenvalue weighted by atomic mass is 19.1. The minimum Gasteiger partial charge on any atom is -0.352 e. The molecule has 0 bridgehead atoms. The van der Waals surface area contributed by atoms with Crippen molar-refractivity contribution in [2.24, 2.45) is 0 Å². The van der Waals surface area contributed by atoms with Gasteiger partial charge in [-0.3, -0.25) is 4.79 Å². The lowest BCUT2D eigenvalue weighted by Gasteiger charge is -2.25. The number of carbonyl (C=O) groups is 1. The summed E-state index contributed by atoms with van der Waals surface area (Å²) < 4.78 is 12.8. The molecule has 4 nitrogen and oxygen atoms in total. The topological polar surface area (TPSA) is 53.2 Å². The fourth-order valence-corrected chi connectivity index (χ4v) is 2.21. The van der Waals surface area contributed by atoms with Gasteiger partial charge in [-0.1, -0.05) is 12.1 Å². The van der Waals surface area contributed by atoms with Gasteiger partial charge in [-0.15, -0.1) is 0 Å². The summed E-state index contributed by atoms with van der Waals surface area (Å²) >= 11 is 0. The largest absolute Gasteiger partial charge is 0.352 e. The van der Waals surface area contributed by atoms with Crippen LogP contribution >= 0.6 is 0 Å². The van der Waals surface area contributed by atoms with Crippen molar-refractivity contribution in [2.75, 3.05) is 19.6 Å². The van der Waals surface area contributed by atoms with Crippen LogP contribution in [-0.4, -0.2) is 37.6 Å². The lowest BCUT2D eigenvalue weighted by atomic mass is 10.1. The Balaban J connectivity index is 1.81. The molecule has 1 aromatic carbocycles. The molecule has 1 amide bonds. The summed E-state index contributed by atoms with van der Waals surface area (Å²) in [6, 6.07) is 6.25. The second-order valence-corrected chi connectivity index (χ2v) is 4.95. The van der Waals surface area contributed by atoms with Crippen molar-refractivity contribution in [3.8, 4) is 0 Å². The zero-order chi connectivity index (χ0) is 13.7. The van der Waals surface area contributed by atoms with Crippen LogP contribution in [0.25, 0.3) is 0 Å². The van der Waals surface area contributed by atoms with E-state index in [1.54, 1.807) is 12.1 Å². The fraction of sp³-hybridized carbons (Fsp3) is 0.500. The number of hydrogen-bond donors (Lipinski definition) is 3. The Kier molecular flexibility index (Phi) is 4.87. The Morgan fingerprint density at radius 2 is 2.16 bits per heavy atom.